The van der Waals surface area contributed by atoms with E-state index in [9.17, 15) is 4.79 Å². The maximum atomic E-state index is 12.3. The van der Waals surface area contributed by atoms with Gasteiger partial charge in [-0.3, -0.25) is 4.79 Å². The van der Waals surface area contributed by atoms with Gasteiger partial charge in [0.2, 0.25) is 5.91 Å². The number of aliphatic hydroxyl groups excluding tert-OH is 1. The summed E-state index contributed by atoms with van der Waals surface area (Å²) < 4.78 is 5.54. The molecule has 2 rings (SSSR count). The van der Waals surface area contributed by atoms with Crippen LogP contribution in [-0.2, 0) is 9.53 Å². The van der Waals surface area contributed by atoms with E-state index in [1.54, 1.807) is 18.3 Å². The molecule has 1 aliphatic heterocycles. The van der Waals surface area contributed by atoms with E-state index < -0.39 is 0 Å². The third kappa shape index (κ3) is 4.28. The highest BCUT2D eigenvalue weighted by Crippen LogP contribution is 2.24. The van der Waals surface area contributed by atoms with Gasteiger partial charge in [-0.1, -0.05) is 18.8 Å². The van der Waals surface area contributed by atoms with Crippen LogP contribution in [0.3, 0.4) is 0 Å². The van der Waals surface area contributed by atoms with Gasteiger partial charge in [0.15, 0.2) is 0 Å². The number of hydrogen-bond acceptors (Lipinski definition) is 4. The number of ether oxygens (including phenoxy) is 1. The monoisotopic (exact) mass is 288 g/mol. The van der Waals surface area contributed by atoms with Gasteiger partial charge in [0.05, 0.1) is 18.6 Å². The first-order valence-corrected chi connectivity index (χ1v) is 7.23. The summed E-state index contributed by atoms with van der Waals surface area (Å²) in [5.41, 5.74) is 0.767. The molecule has 2 unspecified atom stereocenters. The molecule has 1 aromatic rings. The summed E-state index contributed by atoms with van der Waals surface area (Å²) in [5.74, 6) is 6.10. The number of anilines is 1. The minimum atomic E-state index is -0.110. The van der Waals surface area contributed by atoms with Crippen LogP contribution in [0, 0.1) is 17.8 Å². The summed E-state index contributed by atoms with van der Waals surface area (Å²) >= 11 is 0. The Morgan fingerprint density at radius 1 is 1.62 bits per heavy atom. The molecule has 0 aromatic carbocycles. The van der Waals surface area contributed by atoms with Crippen molar-refractivity contribution in [1.82, 2.24) is 4.98 Å². The number of rotatable bonds is 4. The predicted molar refractivity (Wildman–Crippen MR) is 79.6 cm³/mol. The Labute approximate surface area is 124 Å². The number of pyridine rings is 1. The number of nitrogens with zero attached hydrogens (tertiary/aromatic N) is 1. The molecule has 1 amide bonds. The molecule has 2 heterocycles. The van der Waals surface area contributed by atoms with E-state index in [0.717, 1.165) is 18.4 Å². The van der Waals surface area contributed by atoms with Crippen LogP contribution in [0.25, 0.3) is 0 Å². The van der Waals surface area contributed by atoms with Crippen LogP contribution in [0.15, 0.2) is 18.3 Å². The van der Waals surface area contributed by atoms with E-state index in [0.29, 0.717) is 18.8 Å². The fourth-order valence-corrected chi connectivity index (χ4v) is 2.37. The number of carbonyl (C=O) groups is 1. The number of aromatic nitrogens is 1. The summed E-state index contributed by atoms with van der Waals surface area (Å²) in [7, 11) is 0. The van der Waals surface area contributed by atoms with Gasteiger partial charge in [-0.2, -0.15) is 0 Å². The third-order valence-electron chi connectivity index (χ3n) is 3.43. The molecular weight excluding hydrogens is 268 g/mol. The van der Waals surface area contributed by atoms with Crippen LogP contribution in [0.1, 0.15) is 31.7 Å². The zero-order valence-electron chi connectivity index (χ0n) is 12.1. The molecule has 1 aliphatic rings. The fourth-order valence-electron chi connectivity index (χ4n) is 2.37. The van der Waals surface area contributed by atoms with Crippen LogP contribution in [-0.4, -0.2) is 35.3 Å². The zero-order valence-corrected chi connectivity index (χ0v) is 12.1. The second kappa shape index (κ2) is 7.77. The zero-order chi connectivity index (χ0) is 15.1. The predicted octanol–water partition coefficient (Wildman–Crippen LogP) is 1.57. The molecule has 112 valence electrons. The largest absolute Gasteiger partial charge is 0.395 e. The van der Waals surface area contributed by atoms with Gasteiger partial charge in [-0.25, -0.2) is 4.98 Å². The molecule has 2 atom stereocenters. The van der Waals surface area contributed by atoms with Crippen molar-refractivity contribution in [2.75, 3.05) is 18.5 Å². The minimum Gasteiger partial charge on any atom is -0.395 e. The second-order valence-corrected chi connectivity index (χ2v) is 4.91. The van der Waals surface area contributed by atoms with E-state index in [4.69, 9.17) is 9.84 Å². The molecule has 1 saturated heterocycles. The average Bonchev–Trinajstić information content (AvgIpc) is 2.96. The number of aliphatic hydroxyl groups is 1. The lowest BCUT2D eigenvalue weighted by molar-refractivity contribution is -0.121. The van der Waals surface area contributed by atoms with E-state index in [1.807, 2.05) is 6.92 Å². The summed E-state index contributed by atoms with van der Waals surface area (Å²) in [4.78, 5) is 16.4. The van der Waals surface area contributed by atoms with E-state index in [-0.39, 0.29) is 24.5 Å². The Kier molecular flexibility index (Phi) is 5.73. The highest BCUT2D eigenvalue weighted by molar-refractivity contribution is 5.92. The Morgan fingerprint density at radius 3 is 3.24 bits per heavy atom. The SMILES string of the molecule is CCC1OCCC1C(=O)Nc1cc(C#CCCO)ccn1. The van der Waals surface area contributed by atoms with Gasteiger partial charge in [0.1, 0.15) is 5.82 Å². The normalized spacial score (nSPS) is 20.7. The van der Waals surface area contributed by atoms with Gasteiger partial charge < -0.3 is 15.2 Å². The van der Waals surface area contributed by atoms with Crippen molar-refractivity contribution in [3.63, 3.8) is 0 Å². The molecule has 0 bridgehead atoms. The number of carbonyl (C=O) groups excluding carboxylic acids is 1. The smallest absolute Gasteiger partial charge is 0.231 e. The van der Waals surface area contributed by atoms with Crippen LogP contribution < -0.4 is 5.32 Å². The van der Waals surface area contributed by atoms with E-state index in [2.05, 4.69) is 22.1 Å². The van der Waals surface area contributed by atoms with Crippen LogP contribution in [0.5, 0.6) is 0 Å². The number of hydrogen-bond donors (Lipinski definition) is 2. The molecule has 1 aromatic heterocycles. The lowest BCUT2D eigenvalue weighted by Gasteiger charge is -2.16. The highest BCUT2D eigenvalue weighted by Gasteiger charge is 2.32. The van der Waals surface area contributed by atoms with Crippen molar-refractivity contribution in [2.24, 2.45) is 5.92 Å². The average molecular weight is 288 g/mol. The Bertz CT molecular complexity index is 548. The van der Waals surface area contributed by atoms with Crippen molar-refractivity contribution >= 4 is 11.7 Å². The lowest BCUT2D eigenvalue weighted by atomic mass is 9.99. The Morgan fingerprint density at radius 2 is 2.48 bits per heavy atom. The quantitative estimate of drug-likeness (QED) is 0.825. The summed E-state index contributed by atoms with van der Waals surface area (Å²) in [6, 6.07) is 3.51. The Hall–Kier alpha value is -1.90. The molecule has 21 heavy (non-hydrogen) atoms. The van der Waals surface area contributed by atoms with Crippen molar-refractivity contribution in [3.8, 4) is 11.8 Å². The second-order valence-electron chi connectivity index (χ2n) is 4.91. The van der Waals surface area contributed by atoms with Crippen LogP contribution in [0.2, 0.25) is 0 Å². The number of nitrogens with one attached hydrogen (secondary N) is 1. The molecule has 0 aliphatic carbocycles. The summed E-state index contributed by atoms with van der Waals surface area (Å²) in [6.45, 7) is 2.70. The fraction of sp³-hybridized carbons (Fsp3) is 0.500. The van der Waals surface area contributed by atoms with Gasteiger partial charge in [0.25, 0.3) is 0 Å². The first kappa shape index (κ1) is 15.5. The van der Waals surface area contributed by atoms with E-state index >= 15 is 0 Å². The van der Waals surface area contributed by atoms with Gasteiger partial charge in [-0.05, 0) is 25.0 Å². The minimum absolute atomic E-state index is 0.00229. The molecule has 5 heteroatoms. The summed E-state index contributed by atoms with van der Waals surface area (Å²) in [5, 5.41) is 11.5. The lowest BCUT2D eigenvalue weighted by Crippen LogP contribution is -2.29. The molecule has 0 saturated carbocycles. The van der Waals surface area contributed by atoms with Crippen LogP contribution in [0.4, 0.5) is 5.82 Å². The summed E-state index contributed by atoms with van der Waals surface area (Å²) in [6.07, 6.45) is 3.62. The maximum Gasteiger partial charge on any atom is 0.231 e. The molecule has 2 N–H and O–H groups in total. The standard InChI is InChI=1S/C16H20N2O3/c1-2-14-13(7-10-21-14)16(20)18-15-11-12(6-8-17-15)5-3-4-9-19/h6,8,11,13-14,19H,2,4,7,9-10H2,1H3,(H,17,18,20). The van der Waals surface area contributed by atoms with Gasteiger partial charge >= 0.3 is 0 Å². The first-order valence-electron chi connectivity index (χ1n) is 7.23. The first-order chi connectivity index (χ1) is 10.2. The highest BCUT2D eigenvalue weighted by atomic mass is 16.5. The molecule has 5 nitrogen and oxygen atoms in total. The van der Waals surface area contributed by atoms with Gasteiger partial charge in [-0.15, -0.1) is 0 Å². The van der Waals surface area contributed by atoms with E-state index in [1.165, 1.54) is 0 Å². The van der Waals surface area contributed by atoms with Crippen molar-refractivity contribution in [1.29, 1.82) is 0 Å². The van der Waals surface area contributed by atoms with Crippen molar-refractivity contribution in [3.05, 3.63) is 23.9 Å². The topological polar surface area (TPSA) is 71.5 Å². The third-order valence-corrected chi connectivity index (χ3v) is 3.43. The molecule has 0 radical (unpaired) electrons. The van der Waals surface area contributed by atoms with Gasteiger partial charge in [0, 0.05) is 24.8 Å². The van der Waals surface area contributed by atoms with Crippen molar-refractivity contribution in [2.45, 2.75) is 32.3 Å². The Balaban J connectivity index is 2.01. The maximum absolute atomic E-state index is 12.3. The molecule has 1 fully saturated rings. The molecular formula is C16H20N2O3. The van der Waals surface area contributed by atoms with Crippen molar-refractivity contribution < 1.29 is 14.6 Å². The number of amides is 1. The molecule has 0 spiro atoms. The van der Waals surface area contributed by atoms with Crippen LogP contribution >= 0.6 is 0 Å².